The standard InChI is InChI=1S/C23H22N2O4S/c1-16-14-18-15-19(30(27,28)24-20-10-6-7-11-22(20)29-2)12-13-21(18)25(16)23(26)17-8-4-3-5-9-17/h3-13,15-16,24H,14H2,1-2H3/t16-/m1/s1. The first kappa shape index (κ1) is 20.0. The summed E-state index contributed by atoms with van der Waals surface area (Å²) in [5, 5.41) is 0. The highest BCUT2D eigenvalue weighted by atomic mass is 32.2. The van der Waals surface area contributed by atoms with Gasteiger partial charge < -0.3 is 9.64 Å². The van der Waals surface area contributed by atoms with Gasteiger partial charge in [0.1, 0.15) is 5.75 Å². The van der Waals surface area contributed by atoms with Crippen LogP contribution in [0.2, 0.25) is 0 Å². The molecule has 1 aliphatic rings. The van der Waals surface area contributed by atoms with E-state index in [1.54, 1.807) is 53.4 Å². The number of carbonyl (C=O) groups excluding carboxylic acids is 1. The molecule has 0 saturated carbocycles. The number of carbonyl (C=O) groups is 1. The van der Waals surface area contributed by atoms with Gasteiger partial charge in [-0.1, -0.05) is 30.3 Å². The zero-order chi connectivity index (χ0) is 21.3. The lowest BCUT2D eigenvalue weighted by atomic mass is 10.1. The van der Waals surface area contributed by atoms with Crippen molar-refractivity contribution in [3.63, 3.8) is 0 Å². The molecule has 30 heavy (non-hydrogen) atoms. The van der Waals surface area contributed by atoms with Crippen LogP contribution in [0.25, 0.3) is 0 Å². The molecule has 6 nitrogen and oxygen atoms in total. The van der Waals surface area contributed by atoms with Gasteiger partial charge in [0, 0.05) is 17.3 Å². The highest BCUT2D eigenvalue weighted by Gasteiger charge is 2.32. The molecule has 1 heterocycles. The molecule has 0 radical (unpaired) electrons. The fourth-order valence-corrected chi connectivity index (χ4v) is 4.86. The van der Waals surface area contributed by atoms with Gasteiger partial charge in [0.2, 0.25) is 0 Å². The van der Waals surface area contributed by atoms with Gasteiger partial charge in [-0.2, -0.15) is 0 Å². The SMILES string of the molecule is COc1ccccc1NS(=O)(=O)c1ccc2c(c1)C[C@@H](C)N2C(=O)c1ccccc1. The summed E-state index contributed by atoms with van der Waals surface area (Å²) >= 11 is 0. The molecular formula is C23H22N2O4S. The van der Waals surface area contributed by atoms with Gasteiger partial charge in [0.25, 0.3) is 15.9 Å². The predicted octanol–water partition coefficient (Wildman–Crippen LogP) is 4.09. The van der Waals surface area contributed by atoms with Crippen molar-refractivity contribution in [2.45, 2.75) is 24.3 Å². The number of anilines is 2. The summed E-state index contributed by atoms with van der Waals surface area (Å²) in [7, 11) is -2.32. The average Bonchev–Trinajstić information content (AvgIpc) is 3.09. The molecule has 4 rings (SSSR count). The first-order chi connectivity index (χ1) is 14.4. The number of methoxy groups -OCH3 is 1. The quantitative estimate of drug-likeness (QED) is 0.672. The van der Waals surface area contributed by atoms with Gasteiger partial charge in [0.15, 0.2) is 0 Å². The minimum atomic E-state index is -3.81. The molecule has 154 valence electrons. The number of para-hydroxylation sites is 2. The third-order valence-electron chi connectivity index (χ3n) is 5.17. The maximum Gasteiger partial charge on any atom is 0.262 e. The molecule has 1 amide bonds. The molecule has 1 N–H and O–H groups in total. The fraction of sp³-hybridized carbons (Fsp3) is 0.174. The summed E-state index contributed by atoms with van der Waals surface area (Å²) in [4.78, 5) is 14.9. The molecule has 7 heteroatoms. The van der Waals surface area contributed by atoms with Crippen LogP contribution in [0.4, 0.5) is 11.4 Å². The minimum Gasteiger partial charge on any atom is -0.495 e. The summed E-state index contributed by atoms with van der Waals surface area (Å²) in [6, 6.07) is 20.7. The topological polar surface area (TPSA) is 75.7 Å². The van der Waals surface area contributed by atoms with Crippen LogP contribution in [0.15, 0.2) is 77.7 Å². The number of hydrogen-bond donors (Lipinski definition) is 1. The third kappa shape index (κ3) is 3.64. The number of benzene rings is 3. The Balaban J connectivity index is 1.65. The molecule has 0 spiro atoms. The van der Waals surface area contributed by atoms with Crippen LogP contribution < -0.4 is 14.4 Å². The fourth-order valence-electron chi connectivity index (χ4n) is 3.74. The number of nitrogens with zero attached hydrogens (tertiary/aromatic N) is 1. The molecule has 0 saturated heterocycles. The van der Waals surface area contributed by atoms with Crippen LogP contribution >= 0.6 is 0 Å². The van der Waals surface area contributed by atoms with Gasteiger partial charge in [-0.05, 0) is 61.4 Å². The number of hydrogen-bond acceptors (Lipinski definition) is 4. The Kier molecular flexibility index (Phi) is 5.22. The second kappa shape index (κ2) is 7.84. The molecule has 3 aromatic rings. The maximum absolute atomic E-state index is 13.0. The molecule has 3 aromatic carbocycles. The van der Waals surface area contributed by atoms with E-state index in [1.807, 2.05) is 25.1 Å². The second-order valence-corrected chi connectivity index (χ2v) is 8.87. The van der Waals surface area contributed by atoms with E-state index in [-0.39, 0.29) is 16.8 Å². The predicted molar refractivity (Wildman–Crippen MR) is 117 cm³/mol. The number of amides is 1. The van der Waals surface area contributed by atoms with Gasteiger partial charge in [0.05, 0.1) is 17.7 Å². The zero-order valence-electron chi connectivity index (χ0n) is 16.7. The largest absolute Gasteiger partial charge is 0.495 e. The summed E-state index contributed by atoms with van der Waals surface area (Å²) < 4.78 is 33.7. The highest BCUT2D eigenvalue weighted by Crippen LogP contribution is 2.35. The van der Waals surface area contributed by atoms with Gasteiger partial charge in [-0.15, -0.1) is 0 Å². The summed E-state index contributed by atoms with van der Waals surface area (Å²) in [6.07, 6.45) is 0.589. The Bertz CT molecular complexity index is 1190. The van der Waals surface area contributed by atoms with Crippen LogP contribution in [0, 0.1) is 0 Å². The van der Waals surface area contributed by atoms with E-state index in [4.69, 9.17) is 4.74 Å². The van der Waals surface area contributed by atoms with E-state index < -0.39 is 10.0 Å². The van der Waals surface area contributed by atoms with Crippen LogP contribution in [-0.2, 0) is 16.4 Å². The van der Waals surface area contributed by atoms with Crippen molar-refractivity contribution in [1.82, 2.24) is 0 Å². The minimum absolute atomic E-state index is 0.0622. The Hall–Kier alpha value is -3.32. The monoisotopic (exact) mass is 422 g/mol. The smallest absolute Gasteiger partial charge is 0.262 e. The van der Waals surface area contributed by atoms with E-state index in [9.17, 15) is 13.2 Å². The lowest BCUT2D eigenvalue weighted by Crippen LogP contribution is -2.35. The summed E-state index contributed by atoms with van der Waals surface area (Å²) in [6.45, 7) is 1.96. The van der Waals surface area contributed by atoms with E-state index in [0.717, 1.165) is 11.3 Å². The van der Waals surface area contributed by atoms with Gasteiger partial charge >= 0.3 is 0 Å². The number of ether oxygens (including phenoxy) is 1. The Morgan fingerprint density at radius 3 is 2.47 bits per heavy atom. The lowest BCUT2D eigenvalue weighted by molar-refractivity contribution is 0.0981. The van der Waals surface area contributed by atoms with Gasteiger partial charge in [-0.25, -0.2) is 8.42 Å². The van der Waals surface area contributed by atoms with Crippen molar-refractivity contribution in [1.29, 1.82) is 0 Å². The Labute approximate surface area is 176 Å². The maximum atomic E-state index is 13.0. The van der Waals surface area contributed by atoms with E-state index in [1.165, 1.54) is 13.2 Å². The second-order valence-electron chi connectivity index (χ2n) is 7.19. The van der Waals surface area contributed by atoms with Crippen molar-refractivity contribution >= 4 is 27.3 Å². The Morgan fingerprint density at radius 2 is 1.73 bits per heavy atom. The van der Waals surface area contributed by atoms with Crippen LogP contribution in [0.1, 0.15) is 22.8 Å². The summed E-state index contributed by atoms with van der Waals surface area (Å²) in [5.74, 6) is 0.347. The zero-order valence-corrected chi connectivity index (χ0v) is 17.5. The summed E-state index contributed by atoms with van der Waals surface area (Å²) in [5.41, 5.74) is 2.55. The average molecular weight is 423 g/mol. The molecule has 0 fully saturated rings. The van der Waals surface area contributed by atoms with Crippen molar-refractivity contribution < 1.29 is 17.9 Å². The number of nitrogens with one attached hydrogen (secondary N) is 1. The van der Waals surface area contributed by atoms with E-state index >= 15 is 0 Å². The molecule has 1 atom stereocenters. The number of fused-ring (bicyclic) bond motifs is 1. The van der Waals surface area contributed by atoms with Crippen LogP contribution in [0.3, 0.4) is 0 Å². The highest BCUT2D eigenvalue weighted by molar-refractivity contribution is 7.92. The third-order valence-corrected chi connectivity index (χ3v) is 6.53. The molecule has 0 bridgehead atoms. The van der Waals surface area contributed by atoms with Crippen molar-refractivity contribution in [2.75, 3.05) is 16.7 Å². The van der Waals surface area contributed by atoms with E-state index in [0.29, 0.717) is 23.4 Å². The molecule has 1 aliphatic heterocycles. The van der Waals surface area contributed by atoms with Gasteiger partial charge in [-0.3, -0.25) is 9.52 Å². The Morgan fingerprint density at radius 1 is 1.03 bits per heavy atom. The molecule has 0 aromatic heterocycles. The van der Waals surface area contributed by atoms with Crippen LogP contribution in [0.5, 0.6) is 5.75 Å². The number of sulfonamides is 1. The van der Waals surface area contributed by atoms with E-state index in [2.05, 4.69) is 4.72 Å². The number of rotatable bonds is 5. The first-order valence-electron chi connectivity index (χ1n) is 9.58. The van der Waals surface area contributed by atoms with Crippen molar-refractivity contribution in [3.8, 4) is 5.75 Å². The lowest BCUT2D eigenvalue weighted by Gasteiger charge is -2.23. The molecule has 0 aliphatic carbocycles. The normalized spacial score (nSPS) is 15.5. The van der Waals surface area contributed by atoms with Crippen molar-refractivity contribution in [2.24, 2.45) is 0 Å². The first-order valence-corrected chi connectivity index (χ1v) is 11.1. The van der Waals surface area contributed by atoms with Crippen LogP contribution in [-0.4, -0.2) is 27.5 Å². The molecular weight excluding hydrogens is 400 g/mol. The molecule has 0 unspecified atom stereocenters. The van der Waals surface area contributed by atoms with Crippen molar-refractivity contribution in [3.05, 3.63) is 83.9 Å².